The third-order valence-electron chi connectivity index (χ3n) is 7.34. The minimum atomic E-state index is -4.45. The molecule has 1 fully saturated rings. The van der Waals surface area contributed by atoms with Gasteiger partial charge in [-0.1, -0.05) is 42.5 Å². The largest absolute Gasteiger partial charge is 0.416 e. The third kappa shape index (κ3) is 6.71. The van der Waals surface area contributed by atoms with Crippen LogP contribution in [0.2, 0.25) is 0 Å². The van der Waals surface area contributed by atoms with Gasteiger partial charge in [-0.2, -0.15) is 13.2 Å². The summed E-state index contributed by atoms with van der Waals surface area (Å²) in [5.74, 6) is -0.956. The zero-order valence-electron chi connectivity index (χ0n) is 22.0. The van der Waals surface area contributed by atoms with Crippen molar-refractivity contribution in [2.75, 3.05) is 39.4 Å². The highest BCUT2D eigenvalue weighted by Gasteiger charge is 2.31. The van der Waals surface area contributed by atoms with Crippen molar-refractivity contribution in [3.63, 3.8) is 0 Å². The third-order valence-corrected chi connectivity index (χ3v) is 7.34. The molecule has 5 nitrogen and oxygen atoms in total. The molecule has 210 valence electrons. The molecule has 1 aromatic heterocycles. The molecule has 5 rings (SSSR count). The summed E-state index contributed by atoms with van der Waals surface area (Å²) in [7, 11) is 0. The summed E-state index contributed by atoms with van der Waals surface area (Å²) >= 11 is 0. The van der Waals surface area contributed by atoms with Crippen molar-refractivity contribution in [3.8, 4) is 0 Å². The number of rotatable bonds is 9. The van der Waals surface area contributed by atoms with Gasteiger partial charge in [-0.15, -0.1) is 0 Å². The Morgan fingerprint density at radius 2 is 1.65 bits per heavy atom. The zero-order valence-corrected chi connectivity index (χ0v) is 22.0. The molecule has 40 heavy (non-hydrogen) atoms. The first-order valence-electron chi connectivity index (χ1n) is 13.3. The van der Waals surface area contributed by atoms with E-state index in [9.17, 15) is 22.4 Å². The molecule has 1 amide bonds. The molecule has 0 saturated carbocycles. The van der Waals surface area contributed by atoms with E-state index in [-0.39, 0.29) is 18.1 Å². The first-order chi connectivity index (χ1) is 19.3. The number of morpholine rings is 1. The molecule has 4 aromatic rings. The van der Waals surface area contributed by atoms with Crippen LogP contribution in [0.15, 0.2) is 79.0 Å². The standard InChI is InChI=1S/C31H31F4N3O2/c32-25-11-5-22(6-12-25)20-38-21-28(26-3-1-2-4-29(26)38)27(23-7-9-24(10-8-23)31(33,34)35)19-30(39)36-13-14-37-15-17-40-18-16-37/h1-12,21,27H,13-20H2,(H,36,39)/t27-/m0/s1. The number of carbonyl (C=O) groups excluding carboxylic acids is 1. The highest BCUT2D eigenvalue weighted by Crippen LogP contribution is 2.37. The number of ether oxygens (including phenoxy) is 1. The summed E-state index contributed by atoms with van der Waals surface area (Å²) < 4.78 is 60.7. The maximum atomic E-state index is 13.5. The Kier molecular flexibility index (Phi) is 8.52. The fraction of sp³-hybridized carbons (Fsp3) is 0.323. The maximum absolute atomic E-state index is 13.5. The molecule has 0 unspecified atom stereocenters. The Bertz CT molecular complexity index is 1430. The molecule has 1 aliphatic heterocycles. The number of aromatic nitrogens is 1. The number of halogens is 4. The van der Waals surface area contributed by atoms with E-state index in [1.54, 1.807) is 12.1 Å². The van der Waals surface area contributed by atoms with Crippen molar-refractivity contribution in [1.82, 2.24) is 14.8 Å². The number of hydrogen-bond donors (Lipinski definition) is 1. The van der Waals surface area contributed by atoms with Crippen LogP contribution in [0.5, 0.6) is 0 Å². The summed E-state index contributed by atoms with van der Waals surface area (Å²) in [5.41, 5.74) is 2.57. The van der Waals surface area contributed by atoms with E-state index in [0.29, 0.717) is 38.4 Å². The summed E-state index contributed by atoms with van der Waals surface area (Å²) in [6.07, 6.45) is -2.41. The van der Waals surface area contributed by atoms with Crippen molar-refractivity contribution in [2.45, 2.75) is 25.1 Å². The molecule has 0 bridgehead atoms. The van der Waals surface area contributed by atoms with Gasteiger partial charge in [0.15, 0.2) is 0 Å². The number of hydrogen-bond acceptors (Lipinski definition) is 3. The normalized spacial score (nSPS) is 15.3. The molecule has 1 N–H and O–H groups in total. The number of alkyl halides is 3. The highest BCUT2D eigenvalue weighted by molar-refractivity contribution is 5.86. The fourth-order valence-electron chi connectivity index (χ4n) is 5.22. The SMILES string of the molecule is O=C(C[C@@H](c1ccc(C(F)(F)F)cc1)c1cn(Cc2ccc(F)cc2)c2ccccc12)NCCN1CCOCC1. The minimum absolute atomic E-state index is 0.0824. The second-order valence-corrected chi connectivity index (χ2v) is 10.0. The van der Waals surface area contributed by atoms with Crippen LogP contribution in [0.3, 0.4) is 0 Å². The number of carbonyl (C=O) groups is 1. The van der Waals surface area contributed by atoms with Gasteiger partial charge in [0.25, 0.3) is 0 Å². The maximum Gasteiger partial charge on any atom is 0.416 e. The first kappa shape index (κ1) is 27.9. The predicted octanol–water partition coefficient (Wildman–Crippen LogP) is 5.82. The molecule has 9 heteroatoms. The molecule has 1 saturated heterocycles. The van der Waals surface area contributed by atoms with Crippen LogP contribution in [0, 0.1) is 5.82 Å². The van der Waals surface area contributed by atoms with Crippen molar-refractivity contribution in [3.05, 3.63) is 107 Å². The average molecular weight is 554 g/mol. The van der Waals surface area contributed by atoms with Gasteiger partial charge in [-0.05, 0) is 47.0 Å². The topological polar surface area (TPSA) is 46.5 Å². The van der Waals surface area contributed by atoms with Gasteiger partial charge < -0.3 is 14.6 Å². The summed E-state index contributed by atoms with van der Waals surface area (Å²) in [6.45, 7) is 4.64. The van der Waals surface area contributed by atoms with Crippen LogP contribution < -0.4 is 5.32 Å². The lowest BCUT2D eigenvalue weighted by Crippen LogP contribution is -2.41. The van der Waals surface area contributed by atoms with Crippen molar-refractivity contribution >= 4 is 16.8 Å². The number of amides is 1. The van der Waals surface area contributed by atoms with E-state index in [0.717, 1.165) is 47.3 Å². The number of benzene rings is 3. The monoisotopic (exact) mass is 553 g/mol. The molecule has 0 spiro atoms. The highest BCUT2D eigenvalue weighted by atomic mass is 19.4. The minimum Gasteiger partial charge on any atom is -0.379 e. The average Bonchev–Trinajstić information content (AvgIpc) is 3.31. The molecule has 1 aliphatic rings. The van der Waals surface area contributed by atoms with E-state index < -0.39 is 17.7 Å². The molecular formula is C31H31F4N3O2. The van der Waals surface area contributed by atoms with E-state index in [4.69, 9.17) is 4.74 Å². The van der Waals surface area contributed by atoms with Gasteiger partial charge in [0.2, 0.25) is 5.91 Å². The Morgan fingerprint density at radius 1 is 0.950 bits per heavy atom. The van der Waals surface area contributed by atoms with Crippen LogP contribution in [-0.2, 0) is 22.3 Å². The lowest BCUT2D eigenvalue weighted by molar-refractivity contribution is -0.137. The quantitative estimate of drug-likeness (QED) is 0.266. The lowest BCUT2D eigenvalue weighted by Gasteiger charge is -2.26. The molecule has 1 atom stereocenters. The second kappa shape index (κ2) is 12.2. The van der Waals surface area contributed by atoms with Crippen molar-refractivity contribution in [2.24, 2.45) is 0 Å². The summed E-state index contributed by atoms with van der Waals surface area (Å²) in [4.78, 5) is 15.4. The van der Waals surface area contributed by atoms with Gasteiger partial charge in [0.1, 0.15) is 5.82 Å². The van der Waals surface area contributed by atoms with Crippen LogP contribution >= 0.6 is 0 Å². The van der Waals surface area contributed by atoms with E-state index >= 15 is 0 Å². The first-order valence-corrected chi connectivity index (χ1v) is 13.3. The Hall–Kier alpha value is -3.69. The van der Waals surface area contributed by atoms with Crippen LogP contribution in [0.4, 0.5) is 17.6 Å². The van der Waals surface area contributed by atoms with Gasteiger partial charge in [0, 0.05) is 62.2 Å². The summed E-state index contributed by atoms with van der Waals surface area (Å²) in [5, 5.41) is 3.90. The summed E-state index contributed by atoms with van der Waals surface area (Å²) in [6, 6.07) is 19.1. The molecule has 0 radical (unpaired) electrons. The van der Waals surface area contributed by atoms with Crippen LogP contribution in [0.1, 0.15) is 34.6 Å². The number of fused-ring (bicyclic) bond motifs is 1. The van der Waals surface area contributed by atoms with E-state index in [1.165, 1.54) is 24.3 Å². The van der Waals surface area contributed by atoms with Crippen molar-refractivity contribution < 1.29 is 27.1 Å². The van der Waals surface area contributed by atoms with Crippen LogP contribution in [0.25, 0.3) is 10.9 Å². The smallest absolute Gasteiger partial charge is 0.379 e. The van der Waals surface area contributed by atoms with E-state index in [2.05, 4.69) is 10.2 Å². The van der Waals surface area contributed by atoms with Crippen molar-refractivity contribution in [1.29, 1.82) is 0 Å². The predicted molar refractivity (Wildman–Crippen MR) is 146 cm³/mol. The second-order valence-electron chi connectivity index (χ2n) is 10.0. The Balaban J connectivity index is 1.44. The van der Waals surface area contributed by atoms with Gasteiger partial charge in [0.05, 0.1) is 18.8 Å². The van der Waals surface area contributed by atoms with Gasteiger partial charge in [-0.3, -0.25) is 9.69 Å². The van der Waals surface area contributed by atoms with Crippen LogP contribution in [-0.4, -0.2) is 54.8 Å². The molecule has 0 aliphatic carbocycles. The Labute approximate surface area is 230 Å². The molecule has 2 heterocycles. The van der Waals surface area contributed by atoms with Gasteiger partial charge >= 0.3 is 6.18 Å². The number of para-hydroxylation sites is 1. The number of nitrogens with zero attached hydrogens (tertiary/aromatic N) is 2. The zero-order chi connectivity index (χ0) is 28.1. The Morgan fingerprint density at radius 3 is 2.35 bits per heavy atom. The van der Waals surface area contributed by atoms with Gasteiger partial charge in [-0.25, -0.2) is 4.39 Å². The number of nitrogens with one attached hydrogen (secondary N) is 1. The molecule has 3 aromatic carbocycles. The lowest BCUT2D eigenvalue weighted by atomic mass is 9.87. The molecular weight excluding hydrogens is 522 g/mol. The van der Waals surface area contributed by atoms with E-state index in [1.807, 2.05) is 35.0 Å². The fourth-order valence-corrected chi connectivity index (χ4v) is 5.22.